The second-order valence-electron chi connectivity index (χ2n) is 20.5. The summed E-state index contributed by atoms with van der Waals surface area (Å²) in [6, 6.07) is 17.1. The lowest BCUT2D eigenvalue weighted by atomic mass is 10.0. The summed E-state index contributed by atoms with van der Waals surface area (Å²) in [6.45, 7) is 12.4. The fourth-order valence-corrected chi connectivity index (χ4v) is 12.2. The number of amides is 4. The summed E-state index contributed by atoms with van der Waals surface area (Å²) in [4.78, 5) is 27.4. The Morgan fingerprint density at radius 2 is 0.976 bits per heavy atom. The van der Waals surface area contributed by atoms with Crippen molar-refractivity contribution in [3.05, 3.63) is 110 Å². The predicted octanol–water partition coefficient (Wildman–Crippen LogP) is 6.87. The van der Waals surface area contributed by atoms with Gasteiger partial charge in [0.2, 0.25) is 20.0 Å². The number of unbranched alkanes of at least 4 members (excludes halogenated alkanes) is 1. The highest BCUT2D eigenvalue weighted by Crippen LogP contribution is 2.44. The van der Waals surface area contributed by atoms with E-state index in [1.54, 1.807) is 50.6 Å². The molecule has 0 heterocycles. The smallest absolute Gasteiger partial charge is 0.314 e. The number of sulfonamides is 2. The average molecular weight is 1240 g/mol. The van der Waals surface area contributed by atoms with Crippen LogP contribution >= 0.6 is 23.2 Å². The molecular formula is C58H86Cl2N8O13S2. The third-order valence-corrected chi connectivity index (χ3v) is 17.2. The largest absolute Gasteiger partial charge is 0.496 e. The van der Waals surface area contributed by atoms with Gasteiger partial charge >= 0.3 is 12.1 Å². The van der Waals surface area contributed by atoms with E-state index in [1.165, 1.54) is 5.56 Å². The minimum Gasteiger partial charge on any atom is -0.496 e. The van der Waals surface area contributed by atoms with Gasteiger partial charge in [0.05, 0.1) is 75.2 Å². The minimum atomic E-state index is -3.75. The Hall–Kier alpha value is -5.02. The van der Waals surface area contributed by atoms with Crippen LogP contribution in [0, 0.1) is 20.8 Å². The molecule has 0 fully saturated rings. The number of fused-ring (bicyclic) bond motifs is 2. The molecule has 0 radical (unpaired) electrons. The van der Waals surface area contributed by atoms with Crippen LogP contribution in [0.1, 0.15) is 77.3 Å². The number of methoxy groups -OCH3 is 1. The number of likely N-dealkylation sites (N-methyl/N-ethyl adjacent to an activating group) is 2. The summed E-state index contributed by atoms with van der Waals surface area (Å²) in [5, 5.41) is 11.8. The van der Waals surface area contributed by atoms with Crippen molar-refractivity contribution in [3.8, 4) is 17.2 Å². The number of rotatable bonds is 33. The molecule has 4 aromatic carbocycles. The number of carbonyl (C=O) groups is 2. The second kappa shape index (κ2) is 34.2. The van der Waals surface area contributed by atoms with E-state index in [2.05, 4.69) is 47.4 Å². The molecule has 6 rings (SSSR count). The van der Waals surface area contributed by atoms with E-state index in [-0.39, 0.29) is 79.1 Å². The maximum absolute atomic E-state index is 12.9. The van der Waals surface area contributed by atoms with Crippen molar-refractivity contribution in [1.29, 1.82) is 0 Å². The molecule has 0 aliphatic heterocycles. The standard InChI is InChI=1S/C32H49ClN6O7S.C26H37ClN2O6S/c1-22-18-24(33)20-27-26(22)21-28(39(4)5)30(27)46-29-9-8-25(19-23(29)2)47(42,43)38-13-15-45-17-16-44-14-12-37-32(41)36-11-7-6-10-35-31(40)34-3;1-6-10-33-12-13-34-11-9-28-36(30,31)20-7-8-24(18(2)14-20)35-26-22-15-19(27)16-25(32-5)21(22)17-23(26)29(3)4/h8-9,18-20,28,30,38H,6-7,10-17,21H2,1-5H3,(H2,34,35,40)(H2,36,37,41);7-8,14-16,23,26,28H,6,9-13,17H2,1-5H3/t28-,30-;23-,26-/m00/s1. The van der Waals surface area contributed by atoms with E-state index in [0.29, 0.717) is 79.8 Å². The number of aryl methyl sites for hydroxylation is 3. The third kappa shape index (κ3) is 21.2. The number of hydrogen-bond donors (Lipinski definition) is 6. The normalized spacial score (nSPS) is 16.5. The SMILES string of the molecule is CCCOCCOCCNS(=O)(=O)c1ccc(O[C@H]2c3cc(Cl)cc(OC)c3C[C@@H]2N(C)C)c(C)c1.CNC(=O)NCCCCNC(=O)NCCOCCOCCNS(=O)(=O)c1ccc(O[C@H]2c3cc(Cl)cc(C)c3C[C@@H]2N(C)C)c(C)c1. The highest BCUT2D eigenvalue weighted by molar-refractivity contribution is 7.89. The predicted molar refractivity (Wildman–Crippen MR) is 323 cm³/mol. The van der Waals surface area contributed by atoms with E-state index < -0.39 is 20.0 Å². The molecule has 0 spiro atoms. The van der Waals surface area contributed by atoms with Gasteiger partial charge in [-0.15, -0.1) is 0 Å². The summed E-state index contributed by atoms with van der Waals surface area (Å²) in [6.07, 6.45) is 3.54. The fraction of sp³-hybridized carbons (Fsp3) is 0.552. The maximum atomic E-state index is 12.9. The molecule has 83 heavy (non-hydrogen) atoms. The summed E-state index contributed by atoms with van der Waals surface area (Å²) < 4.78 is 96.7. The zero-order chi connectivity index (χ0) is 60.7. The maximum Gasteiger partial charge on any atom is 0.314 e. The lowest BCUT2D eigenvalue weighted by Gasteiger charge is -2.28. The number of ether oxygens (including phenoxy) is 7. The monoisotopic (exact) mass is 1240 g/mol. The summed E-state index contributed by atoms with van der Waals surface area (Å²) in [5.41, 5.74) is 6.93. The van der Waals surface area contributed by atoms with Crippen molar-refractivity contribution in [2.24, 2.45) is 0 Å². The zero-order valence-electron chi connectivity index (χ0n) is 49.6. The first-order valence-corrected chi connectivity index (χ1v) is 31.6. The number of benzene rings is 4. The molecule has 0 saturated heterocycles. The molecule has 0 saturated carbocycles. The highest BCUT2D eigenvalue weighted by atomic mass is 35.5. The molecule has 4 amide bonds. The molecule has 0 aromatic heterocycles. The topological polar surface area (TPSA) is 246 Å². The van der Waals surface area contributed by atoms with Gasteiger partial charge in [-0.1, -0.05) is 30.1 Å². The summed E-state index contributed by atoms with van der Waals surface area (Å²) in [7, 11) is 3.84. The number of carbonyl (C=O) groups excluding carboxylic acids is 2. The van der Waals surface area contributed by atoms with E-state index >= 15 is 0 Å². The van der Waals surface area contributed by atoms with Gasteiger partial charge in [-0.05, 0) is 170 Å². The Morgan fingerprint density at radius 3 is 1.43 bits per heavy atom. The fourth-order valence-electron chi connectivity index (χ4n) is 9.46. The zero-order valence-corrected chi connectivity index (χ0v) is 52.7. The Bertz CT molecular complexity index is 2960. The molecule has 2 aliphatic rings. The van der Waals surface area contributed by atoms with Crippen LogP contribution in [0.3, 0.4) is 0 Å². The molecular weight excluding hydrogens is 1150 g/mol. The van der Waals surface area contributed by atoms with Crippen molar-refractivity contribution < 1.29 is 59.6 Å². The Kier molecular flexibility index (Phi) is 28.3. The number of nitrogens with one attached hydrogen (secondary N) is 6. The van der Waals surface area contributed by atoms with E-state index in [1.807, 2.05) is 73.2 Å². The van der Waals surface area contributed by atoms with Crippen LogP contribution in [-0.2, 0) is 51.8 Å². The third-order valence-electron chi connectivity index (χ3n) is 13.9. The van der Waals surface area contributed by atoms with Crippen molar-refractivity contribution in [1.82, 2.24) is 40.5 Å². The van der Waals surface area contributed by atoms with E-state index in [4.69, 9.17) is 56.4 Å². The van der Waals surface area contributed by atoms with Gasteiger partial charge in [-0.3, -0.25) is 0 Å². The van der Waals surface area contributed by atoms with E-state index in [9.17, 15) is 26.4 Å². The quantitative estimate of drug-likeness (QED) is 0.0267. The van der Waals surface area contributed by atoms with Crippen LogP contribution in [0.15, 0.2) is 70.5 Å². The number of halogens is 2. The number of urea groups is 2. The average Bonchev–Trinajstić information content (AvgIpc) is 2.61. The molecule has 4 aromatic rings. The van der Waals surface area contributed by atoms with Gasteiger partial charge in [0.1, 0.15) is 29.5 Å². The molecule has 21 nitrogen and oxygen atoms in total. The molecule has 0 unspecified atom stereocenters. The highest BCUT2D eigenvalue weighted by Gasteiger charge is 2.39. The van der Waals surface area contributed by atoms with Gasteiger partial charge in [-0.25, -0.2) is 35.9 Å². The molecule has 2 aliphatic carbocycles. The Morgan fingerprint density at radius 1 is 0.542 bits per heavy atom. The Balaban J connectivity index is 0.000000315. The van der Waals surface area contributed by atoms with E-state index in [0.717, 1.165) is 65.7 Å². The van der Waals surface area contributed by atoms with Gasteiger partial charge in [0.25, 0.3) is 0 Å². The van der Waals surface area contributed by atoms with Crippen LogP contribution < -0.4 is 44.9 Å². The molecule has 4 atom stereocenters. The lowest BCUT2D eigenvalue weighted by Crippen LogP contribution is -2.38. The Labute approximate surface area is 501 Å². The second-order valence-corrected chi connectivity index (χ2v) is 24.9. The molecule has 6 N–H and O–H groups in total. The summed E-state index contributed by atoms with van der Waals surface area (Å²) in [5.74, 6) is 1.99. The van der Waals surface area contributed by atoms with Gasteiger partial charge in [0.15, 0.2) is 0 Å². The number of nitrogens with zero attached hydrogens (tertiary/aromatic N) is 2. The van der Waals surface area contributed by atoms with Crippen molar-refractivity contribution in [2.45, 2.75) is 93.9 Å². The van der Waals surface area contributed by atoms with Crippen molar-refractivity contribution >= 4 is 55.3 Å². The first-order chi connectivity index (χ1) is 39.6. The van der Waals surface area contributed by atoms with Crippen molar-refractivity contribution in [2.75, 3.05) is 128 Å². The number of hydrogen-bond acceptors (Lipinski definition) is 15. The van der Waals surface area contributed by atoms with Gasteiger partial charge < -0.3 is 64.2 Å². The van der Waals surface area contributed by atoms with Gasteiger partial charge in [-0.2, -0.15) is 0 Å². The van der Waals surface area contributed by atoms with Gasteiger partial charge in [0, 0.05) is 67.6 Å². The van der Waals surface area contributed by atoms with Crippen LogP contribution in [0.25, 0.3) is 0 Å². The summed E-state index contributed by atoms with van der Waals surface area (Å²) >= 11 is 12.7. The van der Waals surface area contributed by atoms with Crippen LogP contribution in [-0.4, -0.2) is 179 Å². The lowest BCUT2D eigenvalue weighted by molar-refractivity contribution is 0.0502. The van der Waals surface area contributed by atoms with Crippen LogP contribution in [0.4, 0.5) is 9.59 Å². The van der Waals surface area contributed by atoms with Crippen LogP contribution in [0.5, 0.6) is 17.2 Å². The minimum absolute atomic E-state index is 0.0733. The first kappa shape index (κ1) is 68.8. The molecule has 25 heteroatoms. The molecule has 462 valence electrons. The van der Waals surface area contributed by atoms with Crippen LogP contribution in [0.2, 0.25) is 10.0 Å². The molecule has 0 bridgehead atoms. The van der Waals surface area contributed by atoms with Crippen molar-refractivity contribution in [3.63, 3.8) is 0 Å². The first-order valence-electron chi connectivity index (χ1n) is 27.9.